The van der Waals surface area contributed by atoms with Gasteiger partial charge in [-0.05, 0) is 101 Å². The molecule has 8 rings (SSSR count). The molecule has 0 aliphatic heterocycles. The van der Waals surface area contributed by atoms with Crippen LogP contribution in [0.15, 0.2) is 146 Å². The van der Waals surface area contributed by atoms with Crippen molar-refractivity contribution in [3.05, 3.63) is 180 Å². The number of nitrogens with zero attached hydrogens (tertiary/aromatic N) is 8. The van der Waals surface area contributed by atoms with Crippen molar-refractivity contribution in [2.75, 3.05) is 95.2 Å². The van der Waals surface area contributed by atoms with Crippen molar-refractivity contribution in [3.8, 4) is 11.4 Å². The first-order valence-corrected chi connectivity index (χ1v) is 32.5. The summed E-state index contributed by atoms with van der Waals surface area (Å²) in [6, 6.07) is 33.0. The number of aromatic nitrogens is 8. The Morgan fingerprint density at radius 3 is 1.19 bits per heavy atom. The summed E-state index contributed by atoms with van der Waals surface area (Å²) >= 11 is 0. The molecule has 0 unspecified atom stereocenters. The summed E-state index contributed by atoms with van der Waals surface area (Å²) in [5.41, 5.74) is 25.0. The van der Waals surface area contributed by atoms with E-state index in [1.807, 2.05) is 72.8 Å². The van der Waals surface area contributed by atoms with Gasteiger partial charge in [-0.2, -0.15) is 30.0 Å². The largest absolute Gasteiger partial charge is 0.445 e. The van der Waals surface area contributed by atoms with Crippen LogP contribution in [-0.4, -0.2) is 191 Å². The van der Waals surface area contributed by atoms with E-state index < -0.39 is 71.1 Å². The van der Waals surface area contributed by atoms with Crippen molar-refractivity contribution in [3.63, 3.8) is 0 Å². The minimum absolute atomic E-state index is 0.0336. The molecule has 566 valence electrons. The van der Waals surface area contributed by atoms with Gasteiger partial charge in [0.15, 0.2) is 23.3 Å². The quantitative estimate of drug-likeness (QED) is 0.0212. The molecule has 17 N–H and O–H groups in total. The summed E-state index contributed by atoms with van der Waals surface area (Å²) < 4.78 is 64.4. The summed E-state index contributed by atoms with van der Waals surface area (Å²) in [7, 11) is 4.54. The number of carbonyl (C=O) groups excluding carboxylic acids is 6. The molecule has 0 aliphatic rings. The molecule has 34 nitrogen and oxygen atoms in total. The highest BCUT2D eigenvalue weighted by molar-refractivity contribution is 5.99. The Hall–Kier alpha value is -11.7. The third kappa shape index (κ3) is 31.2. The molecule has 0 bridgehead atoms. The maximum Gasteiger partial charge on any atom is 0.407 e. The highest BCUT2D eigenvalue weighted by Crippen LogP contribution is 2.27. The number of anilines is 6. The van der Waals surface area contributed by atoms with E-state index >= 15 is 0 Å². The number of halogens is 2. The molecule has 0 spiro atoms. The van der Waals surface area contributed by atoms with E-state index in [1.165, 1.54) is 30.9 Å². The second kappa shape index (κ2) is 43.3. The van der Waals surface area contributed by atoms with Crippen LogP contribution >= 0.6 is 0 Å². The van der Waals surface area contributed by atoms with E-state index in [2.05, 4.69) is 72.9 Å². The predicted octanol–water partition coefficient (Wildman–Crippen LogP) is 6.31. The number of carbonyl (C=O) groups is 6. The normalized spacial score (nSPS) is 12.0. The van der Waals surface area contributed by atoms with Crippen molar-refractivity contribution < 1.29 is 75.8 Å². The van der Waals surface area contributed by atoms with Crippen molar-refractivity contribution >= 4 is 70.8 Å². The number of aliphatic hydroxyl groups excluding tert-OH is 1. The third-order valence-corrected chi connectivity index (χ3v) is 13.4. The van der Waals surface area contributed by atoms with Gasteiger partial charge >= 0.3 is 24.4 Å². The number of rotatable bonds is 31. The Balaban J connectivity index is 0.000000253. The fourth-order valence-corrected chi connectivity index (χ4v) is 8.68. The van der Waals surface area contributed by atoms with Gasteiger partial charge in [0.1, 0.15) is 36.1 Å². The lowest BCUT2D eigenvalue weighted by Crippen LogP contribution is -2.47. The number of benzene rings is 4. The van der Waals surface area contributed by atoms with E-state index in [0.29, 0.717) is 22.7 Å². The number of nitrogens with one attached hydrogen (secondary N) is 8. The fourth-order valence-electron chi connectivity index (χ4n) is 8.68. The number of ether oxygens (including phenoxy) is 7. The third-order valence-electron chi connectivity index (χ3n) is 13.4. The van der Waals surface area contributed by atoms with E-state index in [-0.39, 0.29) is 112 Å². The first-order valence-electron chi connectivity index (χ1n) is 32.5. The van der Waals surface area contributed by atoms with Gasteiger partial charge in [0.2, 0.25) is 0 Å². The predicted molar refractivity (Wildman–Crippen MR) is 386 cm³/mol. The van der Waals surface area contributed by atoms with Crippen LogP contribution in [0, 0.1) is 11.6 Å². The molecule has 4 aromatic heterocycles. The Morgan fingerprint density at radius 1 is 0.486 bits per heavy atom. The Kier molecular flexibility index (Phi) is 34.6. The Morgan fingerprint density at radius 2 is 0.848 bits per heavy atom. The number of nitrogens with two attached hydrogens (primary N) is 4. The molecule has 36 heteroatoms. The van der Waals surface area contributed by atoms with Crippen LogP contribution in [-0.2, 0) is 46.4 Å². The van der Waals surface area contributed by atoms with Gasteiger partial charge < -0.3 is 104 Å². The summed E-state index contributed by atoms with van der Waals surface area (Å²) in [5.74, 6) is -3.04. The molecule has 0 radical (unpaired) electrons. The summed E-state index contributed by atoms with van der Waals surface area (Å²) in [5, 5.41) is 47.5. The van der Waals surface area contributed by atoms with E-state index in [4.69, 9.17) is 56.1 Å². The lowest BCUT2D eigenvalue weighted by molar-refractivity contribution is 0.0502. The van der Waals surface area contributed by atoms with Gasteiger partial charge in [0.25, 0.3) is 11.8 Å². The molecule has 4 aromatic carbocycles. The standard InChI is InChI=1S/2C18H21FN8O2.C17H26N2O5.C16H24N2O5/c2*1-29-10-12(9-20)25-18-15(19)8-14(16(21)28)17(26-18)24-11-3-2-4-13(7-11)27-22-5-6-23-27;1-17(2,3)24-15(20)18-10-14(12-22-4)19-16(21)23-11-13-8-6-5-7-9-13;1-16(2,3)23-14(20)17-9-13(10-19)18-15(21)22-11-12-7-5-4-6-8-12/h2*2-8,12H,9-10,20H2,1H3,(H2,21,28)(H2,24,25,26);5-9,14H,10-12H2,1-4H3,(H,18,20)(H,19,21);4-8,13,19H,9-11H2,1-3H3,(H,17,20)(H,18,21)/t2*12-;14-;13-/m0000/s1. The van der Waals surface area contributed by atoms with E-state index in [9.17, 15) is 42.7 Å². The summed E-state index contributed by atoms with van der Waals surface area (Å²) in [6.45, 7) is 11.9. The van der Waals surface area contributed by atoms with Crippen LogP contribution in [0.1, 0.15) is 73.4 Å². The van der Waals surface area contributed by atoms with Crippen molar-refractivity contribution in [2.45, 2.75) is 90.1 Å². The average molecular weight is 1460 g/mol. The number of pyridine rings is 2. The molecular weight excluding hydrogens is 1370 g/mol. The monoisotopic (exact) mass is 1460 g/mol. The first kappa shape index (κ1) is 84.0. The molecule has 0 fully saturated rings. The second-order valence-corrected chi connectivity index (χ2v) is 24.4. The minimum Gasteiger partial charge on any atom is -0.445 e. The molecule has 0 saturated heterocycles. The lowest BCUT2D eigenvalue weighted by atomic mass is 10.2. The lowest BCUT2D eigenvalue weighted by Gasteiger charge is -2.22. The minimum atomic E-state index is -0.817. The van der Waals surface area contributed by atoms with Crippen LogP contribution in [0.25, 0.3) is 11.4 Å². The summed E-state index contributed by atoms with van der Waals surface area (Å²) in [6.07, 6.45) is 3.80. The van der Waals surface area contributed by atoms with Gasteiger partial charge in [-0.15, -0.1) is 0 Å². The number of alkyl carbamates (subject to hydrolysis) is 4. The molecule has 0 saturated carbocycles. The van der Waals surface area contributed by atoms with Crippen LogP contribution in [0.2, 0.25) is 0 Å². The van der Waals surface area contributed by atoms with E-state index in [0.717, 1.165) is 23.3 Å². The van der Waals surface area contributed by atoms with Crippen molar-refractivity contribution in [2.24, 2.45) is 22.9 Å². The van der Waals surface area contributed by atoms with Crippen LogP contribution in [0.4, 0.5) is 62.6 Å². The van der Waals surface area contributed by atoms with Crippen LogP contribution in [0.3, 0.4) is 0 Å². The van der Waals surface area contributed by atoms with Crippen LogP contribution < -0.4 is 65.5 Å². The fraction of sp³-hybridized carbons (Fsp3) is 0.362. The van der Waals surface area contributed by atoms with Gasteiger partial charge in [0, 0.05) is 58.9 Å². The summed E-state index contributed by atoms with van der Waals surface area (Å²) in [4.78, 5) is 81.6. The van der Waals surface area contributed by atoms with Gasteiger partial charge in [-0.3, -0.25) is 9.59 Å². The maximum atomic E-state index is 14.5. The number of primary amides is 2. The topological polar surface area (TPSA) is 475 Å². The molecule has 8 aromatic rings. The molecule has 0 aliphatic carbocycles. The maximum absolute atomic E-state index is 14.5. The zero-order chi connectivity index (χ0) is 76.9. The second-order valence-electron chi connectivity index (χ2n) is 24.4. The Bertz CT molecular complexity index is 3810. The van der Waals surface area contributed by atoms with Crippen molar-refractivity contribution in [1.29, 1.82) is 0 Å². The number of aliphatic hydroxyl groups is 1. The molecule has 4 heterocycles. The molecule has 4 atom stereocenters. The number of hydrogen-bond donors (Lipinski definition) is 13. The smallest absolute Gasteiger partial charge is 0.407 e. The van der Waals surface area contributed by atoms with Gasteiger partial charge in [0.05, 0.1) is 97.9 Å². The number of amides is 6. The zero-order valence-corrected chi connectivity index (χ0v) is 59.6. The zero-order valence-electron chi connectivity index (χ0n) is 59.6. The van der Waals surface area contributed by atoms with Crippen LogP contribution in [0.5, 0.6) is 0 Å². The number of methoxy groups -OCH3 is 3. The first-order chi connectivity index (χ1) is 50.1. The van der Waals surface area contributed by atoms with Gasteiger partial charge in [-0.25, -0.2) is 37.9 Å². The molecule has 6 amide bonds. The SMILES string of the molecule is CC(C)(C)OC(=O)NC[C@@H](CO)NC(=O)OCc1ccccc1.COC[C@H](CN)Nc1nc(Nc2cccc(-n3nccn3)c2)c(C(N)=O)cc1F.COC[C@H](CN)Nc1nc(Nc2cccc(-n3nccn3)c2)c(C(N)=O)cc1F.COC[C@H](CNC(=O)OC(C)(C)C)NC(=O)OCc1ccccc1. The van der Waals surface area contributed by atoms with Gasteiger partial charge in [-0.1, -0.05) is 72.8 Å². The molecule has 105 heavy (non-hydrogen) atoms. The average Bonchev–Trinajstić information content (AvgIpc) is 1.71. The molecular formula is C69H92F2N20O14. The van der Waals surface area contributed by atoms with E-state index in [1.54, 1.807) is 103 Å². The highest BCUT2D eigenvalue weighted by Gasteiger charge is 2.24. The van der Waals surface area contributed by atoms with Crippen molar-refractivity contribution in [1.82, 2.24) is 61.2 Å². The highest BCUT2D eigenvalue weighted by atomic mass is 19.1. The Labute approximate surface area is 605 Å². The number of hydrogen-bond acceptors (Lipinski definition) is 26.